The van der Waals surface area contributed by atoms with Crippen molar-refractivity contribution in [2.24, 2.45) is 5.73 Å². The van der Waals surface area contributed by atoms with Gasteiger partial charge in [0.15, 0.2) is 0 Å². The van der Waals surface area contributed by atoms with Gasteiger partial charge in [-0.15, -0.1) is 0 Å². The summed E-state index contributed by atoms with van der Waals surface area (Å²) in [6, 6.07) is 3.98. The van der Waals surface area contributed by atoms with E-state index in [2.05, 4.69) is 0 Å². The van der Waals surface area contributed by atoms with Crippen molar-refractivity contribution in [3.63, 3.8) is 0 Å². The Hall–Kier alpha value is -0.930. The summed E-state index contributed by atoms with van der Waals surface area (Å²) < 4.78 is 12.8. The monoisotopic (exact) mass is 215 g/mol. The smallest absolute Gasteiger partial charge is 0.138 e. The van der Waals surface area contributed by atoms with Crippen molar-refractivity contribution in [1.82, 2.24) is 0 Å². The van der Waals surface area contributed by atoms with Gasteiger partial charge in [-0.05, 0) is 30.3 Å². The molecule has 0 atom stereocenters. The molecule has 14 heavy (non-hydrogen) atoms. The summed E-state index contributed by atoms with van der Waals surface area (Å²) in [5, 5.41) is 0.414. The zero-order valence-corrected chi connectivity index (χ0v) is 8.35. The van der Waals surface area contributed by atoms with E-state index in [-0.39, 0.29) is 18.0 Å². The zero-order valence-electron chi connectivity index (χ0n) is 7.59. The third-order valence-corrected chi connectivity index (χ3v) is 2.19. The molecule has 0 saturated carbocycles. The number of nitrogens with two attached hydrogens (primary N) is 1. The van der Waals surface area contributed by atoms with Crippen molar-refractivity contribution in [3.8, 4) is 0 Å². The largest absolute Gasteiger partial charge is 0.330 e. The van der Waals surface area contributed by atoms with Crippen LogP contribution in [0.5, 0.6) is 0 Å². The van der Waals surface area contributed by atoms with Gasteiger partial charge in [-0.2, -0.15) is 0 Å². The quantitative estimate of drug-likeness (QED) is 0.834. The fourth-order valence-electron chi connectivity index (χ4n) is 1.14. The molecule has 0 heterocycles. The van der Waals surface area contributed by atoms with E-state index >= 15 is 0 Å². The predicted molar refractivity (Wildman–Crippen MR) is 53.8 cm³/mol. The summed E-state index contributed by atoms with van der Waals surface area (Å²) in [5.74, 6) is -0.412. The molecule has 0 aliphatic rings. The highest BCUT2D eigenvalue weighted by Gasteiger charge is 2.07. The van der Waals surface area contributed by atoms with E-state index < -0.39 is 0 Å². The van der Waals surface area contributed by atoms with E-state index in [0.717, 1.165) is 0 Å². The maximum atomic E-state index is 12.8. The fourth-order valence-corrected chi connectivity index (χ4v) is 1.32. The van der Waals surface area contributed by atoms with Gasteiger partial charge in [0, 0.05) is 17.9 Å². The van der Waals surface area contributed by atoms with Gasteiger partial charge in [0.2, 0.25) is 0 Å². The minimum absolute atomic E-state index is 0.0278. The maximum absolute atomic E-state index is 12.8. The van der Waals surface area contributed by atoms with Gasteiger partial charge in [-0.25, -0.2) is 4.39 Å². The Kier molecular flexibility index (Phi) is 4.04. The average molecular weight is 216 g/mol. The van der Waals surface area contributed by atoms with E-state index in [4.69, 9.17) is 17.3 Å². The van der Waals surface area contributed by atoms with Crippen LogP contribution in [0.25, 0.3) is 0 Å². The van der Waals surface area contributed by atoms with E-state index in [0.29, 0.717) is 23.6 Å². The highest BCUT2D eigenvalue weighted by molar-refractivity contribution is 6.31. The third-order valence-electron chi connectivity index (χ3n) is 1.82. The van der Waals surface area contributed by atoms with Crippen molar-refractivity contribution in [2.75, 3.05) is 6.54 Å². The lowest BCUT2D eigenvalue weighted by Crippen LogP contribution is -2.10. The minimum atomic E-state index is -0.384. The van der Waals surface area contributed by atoms with E-state index in [9.17, 15) is 9.18 Å². The second-order valence-electron chi connectivity index (χ2n) is 2.99. The molecule has 0 amide bonds. The van der Waals surface area contributed by atoms with Gasteiger partial charge in [0.1, 0.15) is 11.6 Å². The lowest BCUT2D eigenvalue weighted by Gasteiger charge is -2.02. The normalized spacial score (nSPS) is 10.2. The second kappa shape index (κ2) is 5.08. The van der Waals surface area contributed by atoms with Gasteiger partial charge in [0.25, 0.3) is 0 Å². The highest BCUT2D eigenvalue weighted by atomic mass is 35.5. The van der Waals surface area contributed by atoms with Crippen LogP contribution in [0, 0.1) is 5.82 Å². The lowest BCUT2D eigenvalue weighted by atomic mass is 10.1. The molecule has 76 valence electrons. The summed E-state index contributed by atoms with van der Waals surface area (Å²) in [7, 11) is 0. The number of hydrogen-bond donors (Lipinski definition) is 1. The molecule has 0 aliphatic carbocycles. The van der Waals surface area contributed by atoms with Crippen molar-refractivity contribution in [1.29, 1.82) is 0 Å². The number of rotatable bonds is 4. The summed E-state index contributed by atoms with van der Waals surface area (Å²) >= 11 is 5.79. The standard InChI is InChI=1S/C10H11ClFNO/c11-10-2-1-8(12)5-7(10)6-9(14)3-4-13/h1-2,5H,3-4,6,13H2. The Morgan fingerprint density at radius 1 is 1.50 bits per heavy atom. The average Bonchev–Trinajstić information content (AvgIpc) is 2.12. The highest BCUT2D eigenvalue weighted by Crippen LogP contribution is 2.17. The zero-order chi connectivity index (χ0) is 10.6. The Labute approximate surface area is 86.9 Å². The number of benzene rings is 1. The molecule has 0 aromatic heterocycles. The second-order valence-corrected chi connectivity index (χ2v) is 3.40. The fraction of sp³-hybridized carbons (Fsp3) is 0.300. The van der Waals surface area contributed by atoms with Crippen molar-refractivity contribution in [2.45, 2.75) is 12.8 Å². The Morgan fingerprint density at radius 3 is 2.86 bits per heavy atom. The number of ketones is 1. The molecule has 0 bridgehead atoms. The summed E-state index contributed by atoms with van der Waals surface area (Å²) in [4.78, 5) is 11.2. The van der Waals surface area contributed by atoms with Crippen molar-refractivity contribution >= 4 is 17.4 Å². The lowest BCUT2D eigenvalue weighted by molar-refractivity contribution is -0.118. The first-order chi connectivity index (χ1) is 6.63. The number of Topliss-reactive ketones (excluding diaryl/α,β-unsaturated/α-hetero) is 1. The van der Waals surface area contributed by atoms with Crippen LogP contribution < -0.4 is 5.73 Å². The Bertz CT molecular complexity index is 341. The molecule has 1 aromatic rings. The summed E-state index contributed by atoms with van der Waals surface area (Å²) in [5.41, 5.74) is 5.74. The van der Waals surface area contributed by atoms with Crippen LogP contribution in [-0.2, 0) is 11.2 Å². The van der Waals surface area contributed by atoms with Gasteiger partial charge in [0.05, 0.1) is 0 Å². The van der Waals surface area contributed by atoms with E-state index in [1.807, 2.05) is 0 Å². The van der Waals surface area contributed by atoms with Gasteiger partial charge in [-0.3, -0.25) is 4.79 Å². The van der Waals surface area contributed by atoms with Crippen LogP contribution in [0.15, 0.2) is 18.2 Å². The van der Waals surface area contributed by atoms with Crippen LogP contribution in [0.2, 0.25) is 5.02 Å². The number of carbonyl (C=O) groups is 1. The van der Waals surface area contributed by atoms with Crippen LogP contribution in [0.1, 0.15) is 12.0 Å². The molecule has 2 nitrogen and oxygen atoms in total. The van der Waals surface area contributed by atoms with Crippen molar-refractivity contribution in [3.05, 3.63) is 34.6 Å². The molecule has 4 heteroatoms. The summed E-state index contributed by atoms with van der Waals surface area (Å²) in [6.07, 6.45) is 0.445. The van der Waals surface area contributed by atoms with Crippen molar-refractivity contribution < 1.29 is 9.18 Å². The Balaban J connectivity index is 2.75. The topological polar surface area (TPSA) is 43.1 Å². The predicted octanol–water partition coefficient (Wildman–Crippen LogP) is 1.94. The third kappa shape index (κ3) is 3.09. The molecular formula is C10H11ClFNO. The molecule has 0 aliphatic heterocycles. The SMILES string of the molecule is NCCC(=O)Cc1cc(F)ccc1Cl. The minimum Gasteiger partial charge on any atom is -0.330 e. The molecule has 0 spiro atoms. The first-order valence-electron chi connectivity index (χ1n) is 4.29. The molecule has 1 aromatic carbocycles. The first-order valence-corrected chi connectivity index (χ1v) is 4.67. The van der Waals surface area contributed by atoms with Crippen LogP contribution in [0.3, 0.4) is 0 Å². The maximum Gasteiger partial charge on any atom is 0.138 e. The Morgan fingerprint density at radius 2 is 2.21 bits per heavy atom. The van der Waals surface area contributed by atoms with Gasteiger partial charge >= 0.3 is 0 Å². The summed E-state index contributed by atoms with van der Waals surface area (Å²) in [6.45, 7) is 0.311. The molecular weight excluding hydrogens is 205 g/mol. The van der Waals surface area contributed by atoms with Gasteiger partial charge in [-0.1, -0.05) is 11.6 Å². The van der Waals surface area contributed by atoms with Crippen LogP contribution in [-0.4, -0.2) is 12.3 Å². The molecule has 0 fully saturated rings. The van der Waals surface area contributed by atoms with Gasteiger partial charge < -0.3 is 5.73 Å². The van der Waals surface area contributed by atoms with Crippen LogP contribution in [0.4, 0.5) is 4.39 Å². The van der Waals surface area contributed by atoms with Crippen LogP contribution >= 0.6 is 11.6 Å². The molecule has 0 saturated heterocycles. The van der Waals surface area contributed by atoms with E-state index in [1.54, 1.807) is 0 Å². The molecule has 0 unspecified atom stereocenters. The number of halogens is 2. The number of carbonyl (C=O) groups excluding carboxylic acids is 1. The molecule has 0 radical (unpaired) electrons. The number of hydrogen-bond acceptors (Lipinski definition) is 2. The van der Waals surface area contributed by atoms with E-state index in [1.165, 1.54) is 18.2 Å². The molecule has 2 N–H and O–H groups in total. The first kappa shape index (κ1) is 11.1. The molecule has 1 rings (SSSR count).